The van der Waals surface area contributed by atoms with Gasteiger partial charge >= 0.3 is 0 Å². The highest BCUT2D eigenvalue weighted by Crippen LogP contribution is 2.40. The molecule has 0 bridgehead atoms. The van der Waals surface area contributed by atoms with Crippen molar-refractivity contribution in [1.82, 2.24) is 10.2 Å². The molecule has 1 heterocycles. The maximum atomic E-state index is 6.52. The van der Waals surface area contributed by atoms with E-state index < -0.39 is 0 Å². The van der Waals surface area contributed by atoms with Crippen molar-refractivity contribution >= 4 is 36.4 Å². The first-order valence-electron chi connectivity index (χ1n) is 8.05. The molecule has 2 nitrogen and oxygen atoms in total. The average molecular weight is 366 g/mol. The van der Waals surface area contributed by atoms with Crippen LogP contribution in [-0.4, -0.2) is 31.1 Å². The Morgan fingerprint density at radius 1 is 1.00 bits per heavy atom. The molecule has 0 amide bonds. The molecule has 1 aromatic rings. The predicted molar refractivity (Wildman–Crippen MR) is 99.7 cm³/mol. The van der Waals surface area contributed by atoms with E-state index in [1.165, 1.54) is 37.7 Å². The fourth-order valence-corrected chi connectivity index (χ4v) is 4.12. The summed E-state index contributed by atoms with van der Waals surface area (Å²) < 4.78 is 0. The smallest absolute Gasteiger partial charge is 0.0453 e. The molecule has 126 valence electrons. The minimum atomic E-state index is 0. The van der Waals surface area contributed by atoms with Crippen LogP contribution in [0.25, 0.3) is 0 Å². The summed E-state index contributed by atoms with van der Waals surface area (Å²) in [7, 11) is 0. The Hall–Kier alpha value is 0.01000. The molecule has 3 rings (SSSR count). The summed E-state index contributed by atoms with van der Waals surface area (Å²) in [6.45, 7) is 4.50. The van der Waals surface area contributed by atoms with Gasteiger partial charge < -0.3 is 5.32 Å². The molecule has 0 unspecified atom stereocenters. The van der Waals surface area contributed by atoms with Crippen molar-refractivity contribution in [3.63, 3.8) is 0 Å². The van der Waals surface area contributed by atoms with Gasteiger partial charge in [0.05, 0.1) is 0 Å². The van der Waals surface area contributed by atoms with Crippen LogP contribution < -0.4 is 5.32 Å². The van der Waals surface area contributed by atoms with Gasteiger partial charge in [0.25, 0.3) is 0 Å². The SMILES string of the molecule is Cl.Cl.Clc1ccccc1[C@H](C1CCCCC1)N1CCNCC1. The van der Waals surface area contributed by atoms with Gasteiger partial charge in [0.15, 0.2) is 0 Å². The molecule has 2 fully saturated rings. The third-order valence-corrected chi connectivity index (χ3v) is 5.21. The van der Waals surface area contributed by atoms with Gasteiger partial charge in [-0.05, 0) is 30.4 Å². The molecule has 0 aromatic heterocycles. The molecule has 1 atom stereocenters. The number of halogens is 3. The van der Waals surface area contributed by atoms with Crippen LogP contribution >= 0.6 is 36.4 Å². The number of hydrogen-bond donors (Lipinski definition) is 1. The van der Waals surface area contributed by atoms with Crippen molar-refractivity contribution in [2.75, 3.05) is 26.2 Å². The second kappa shape index (κ2) is 10.00. The van der Waals surface area contributed by atoms with Crippen LogP contribution in [0.4, 0.5) is 0 Å². The van der Waals surface area contributed by atoms with Gasteiger partial charge in [-0.1, -0.05) is 49.1 Å². The van der Waals surface area contributed by atoms with Crippen LogP contribution in [0.1, 0.15) is 43.7 Å². The molecular formula is C17H27Cl3N2. The topological polar surface area (TPSA) is 15.3 Å². The lowest BCUT2D eigenvalue weighted by atomic mass is 9.80. The zero-order valence-electron chi connectivity index (χ0n) is 13.0. The Bertz CT molecular complexity index is 412. The summed E-state index contributed by atoms with van der Waals surface area (Å²) in [6.07, 6.45) is 6.91. The first-order chi connectivity index (χ1) is 9.86. The number of nitrogens with one attached hydrogen (secondary N) is 1. The van der Waals surface area contributed by atoms with Crippen LogP contribution in [0, 0.1) is 5.92 Å². The molecule has 1 saturated carbocycles. The summed E-state index contributed by atoms with van der Waals surface area (Å²) in [5.41, 5.74) is 1.35. The first-order valence-corrected chi connectivity index (χ1v) is 8.43. The molecule has 5 heteroatoms. The molecule has 1 aliphatic heterocycles. The summed E-state index contributed by atoms with van der Waals surface area (Å²) in [4.78, 5) is 2.66. The summed E-state index contributed by atoms with van der Waals surface area (Å²) in [5.74, 6) is 0.779. The zero-order chi connectivity index (χ0) is 13.8. The largest absolute Gasteiger partial charge is 0.314 e. The van der Waals surface area contributed by atoms with E-state index in [0.717, 1.165) is 37.1 Å². The van der Waals surface area contributed by atoms with Gasteiger partial charge in [0.1, 0.15) is 0 Å². The van der Waals surface area contributed by atoms with Crippen LogP contribution in [0.5, 0.6) is 0 Å². The summed E-state index contributed by atoms with van der Waals surface area (Å²) in [6, 6.07) is 8.99. The van der Waals surface area contributed by atoms with Crippen LogP contribution in [0.15, 0.2) is 24.3 Å². The molecule has 0 spiro atoms. The fourth-order valence-electron chi connectivity index (χ4n) is 3.87. The van der Waals surface area contributed by atoms with Gasteiger partial charge in [0, 0.05) is 37.2 Å². The lowest BCUT2D eigenvalue weighted by Crippen LogP contribution is -2.47. The Morgan fingerprint density at radius 3 is 2.27 bits per heavy atom. The first kappa shape index (κ1) is 20.1. The van der Waals surface area contributed by atoms with Gasteiger partial charge in [-0.3, -0.25) is 4.90 Å². The Kier molecular flexibility index (Phi) is 9.11. The highest BCUT2D eigenvalue weighted by atomic mass is 35.5. The minimum Gasteiger partial charge on any atom is -0.314 e. The lowest BCUT2D eigenvalue weighted by Gasteiger charge is -2.41. The Morgan fingerprint density at radius 2 is 1.64 bits per heavy atom. The van der Waals surface area contributed by atoms with Crippen LogP contribution in [0.3, 0.4) is 0 Å². The van der Waals surface area contributed by atoms with E-state index in [9.17, 15) is 0 Å². The molecule has 2 aliphatic rings. The van der Waals surface area contributed by atoms with Crippen molar-refractivity contribution in [3.05, 3.63) is 34.9 Å². The molecular weight excluding hydrogens is 339 g/mol. The Labute approximate surface area is 151 Å². The normalized spacial score (nSPS) is 21.5. The van der Waals surface area contributed by atoms with E-state index in [1.807, 2.05) is 6.07 Å². The number of nitrogens with zero attached hydrogens (tertiary/aromatic N) is 1. The summed E-state index contributed by atoms with van der Waals surface area (Å²) >= 11 is 6.52. The standard InChI is InChI=1S/C17H25ClN2.2ClH/c18-16-9-5-4-8-15(16)17(14-6-2-1-3-7-14)20-12-10-19-11-13-20;;/h4-5,8-9,14,17,19H,1-3,6-7,10-13H2;2*1H/t17-;;/m0../s1. The monoisotopic (exact) mass is 364 g/mol. The van der Waals surface area contributed by atoms with E-state index >= 15 is 0 Å². The fraction of sp³-hybridized carbons (Fsp3) is 0.647. The third-order valence-electron chi connectivity index (χ3n) is 4.87. The van der Waals surface area contributed by atoms with Gasteiger partial charge in [0.2, 0.25) is 0 Å². The highest BCUT2D eigenvalue weighted by molar-refractivity contribution is 6.31. The molecule has 1 aromatic carbocycles. The van der Waals surface area contributed by atoms with Crippen molar-refractivity contribution in [2.24, 2.45) is 5.92 Å². The van der Waals surface area contributed by atoms with Crippen molar-refractivity contribution in [3.8, 4) is 0 Å². The zero-order valence-corrected chi connectivity index (χ0v) is 15.4. The van der Waals surface area contributed by atoms with Crippen molar-refractivity contribution in [2.45, 2.75) is 38.1 Å². The van der Waals surface area contributed by atoms with Crippen molar-refractivity contribution < 1.29 is 0 Å². The number of benzene rings is 1. The molecule has 1 aliphatic carbocycles. The van der Waals surface area contributed by atoms with Crippen molar-refractivity contribution in [1.29, 1.82) is 0 Å². The van der Waals surface area contributed by atoms with E-state index in [1.54, 1.807) is 0 Å². The highest BCUT2D eigenvalue weighted by Gasteiger charge is 2.31. The number of piperazine rings is 1. The summed E-state index contributed by atoms with van der Waals surface area (Å²) in [5, 5.41) is 4.41. The molecule has 0 radical (unpaired) electrons. The number of hydrogen-bond acceptors (Lipinski definition) is 2. The van der Waals surface area contributed by atoms with E-state index in [2.05, 4.69) is 28.4 Å². The van der Waals surface area contributed by atoms with Gasteiger partial charge in [-0.2, -0.15) is 0 Å². The quantitative estimate of drug-likeness (QED) is 0.834. The third kappa shape index (κ3) is 4.75. The lowest BCUT2D eigenvalue weighted by molar-refractivity contribution is 0.103. The molecule has 1 N–H and O–H groups in total. The molecule has 1 saturated heterocycles. The maximum Gasteiger partial charge on any atom is 0.0453 e. The second-order valence-electron chi connectivity index (χ2n) is 6.15. The molecule has 22 heavy (non-hydrogen) atoms. The van der Waals surface area contributed by atoms with Crippen LogP contribution in [0.2, 0.25) is 5.02 Å². The van der Waals surface area contributed by atoms with E-state index in [0.29, 0.717) is 6.04 Å². The predicted octanol–water partition coefficient (Wildman–Crippen LogP) is 4.71. The van der Waals surface area contributed by atoms with E-state index in [4.69, 9.17) is 11.6 Å². The Balaban J connectivity index is 0.00000121. The van der Waals surface area contributed by atoms with Crippen LogP contribution in [-0.2, 0) is 0 Å². The average Bonchev–Trinajstić information content (AvgIpc) is 2.52. The van der Waals surface area contributed by atoms with Gasteiger partial charge in [-0.15, -0.1) is 24.8 Å². The minimum absolute atomic E-state index is 0. The maximum absolute atomic E-state index is 6.52. The van der Waals surface area contributed by atoms with E-state index in [-0.39, 0.29) is 24.8 Å². The van der Waals surface area contributed by atoms with Gasteiger partial charge in [-0.25, -0.2) is 0 Å². The number of rotatable bonds is 3. The second-order valence-corrected chi connectivity index (χ2v) is 6.56.